The zero-order chi connectivity index (χ0) is 15.2. The second-order valence-electron chi connectivity index (χ2n) is 4.97. The summed E-state index contributed by atoms with van der Waals surface area (Å²) in [4.78, 5) is 0. The first kappa shape index (κ1) is 15.9. The average molecular weight is 308 g/mol. The Balaban J connectivity index is 2.22. The molecule has 0 aliphatic rings. The van der Waals surface area contributed by atoms with E-state index in [1.807, 2.05) is 30.3 Å². The van der Waals surface area contributed by atoms with Crippen LogP contribution in [0.3, 0.4) is 0 Å². The van der Waals surface area contributed by atoms with Gasteiger partial charge < -0.3 is 14.5 Å². The third kappa shape index (κ3) is 3.80. The lowest BCUT2D eigenvalue weighted by atomic mass is 10.1. The number of rotatable bonds is 7. The van der Waals surface area contributed by atoms with Crippen LogP contribution in [0.2, 0.25) is 5.02 Å². The van der Waals surface area contributed by atoms with Crippen LogP contribution in [0.4, 0.5) is 0 Å². The van der Waals surface area contributed by atoms with Crippen LogP contribution in [-0.4, -0.2) is 13.7 Å². The molecule has 21 heavy (non-hydrogen) atoms. The van der Waals surface area contributed by atoms with Crippen molar-refractivity contribution in [3.05, 3.63) is 41.1 Å². The van der Waals surface area contributed by atoms with Crippen molar-refractivity contribution in [1.82, 2.24) is 5.32 Å². The first-order valence-electron chi connectivity index (χ1n) is 7.36. The van der Waals surface area contributed by atoms with Crippen LogP contribution < -0.4 is 10.1 Å². The van der Waals surface area contributed by atoms with E-state index in [1.165, 1.54) is 0 Å². The average Bonchev–Trinajstić information content (AvgIpc) is 2.98. The van der Waals surface area contributed by atoms with Crippen molar-refractivity contribution in [3.63, 3.8) is 0 Å². The number of nitrogens with one attached hydrogen (secondary N) is 1. The van der Waals surface area contributed by atoms with Gasteiger partial charge in [-0.3, -0.25) is 0 Å². The lowest BCUT2D eigenvalue weighted by Gasteiger charge is -2.13. The van der Waals surface area contributed by atoms with Gasteiger partial charge in [-0.15, -0.1) is 0 Å². The van der Waals surface area contributed by atoms with Crippen LogP contribution in [0.1, 0.15) is 38.5 Å². The summed E-state index contributed by atoms with van der Waals surface area (Å²) in [5.74, 6) is 2.45. The highest BCUT2D eigenvalue weighted by molar-refractivity contribution is 6.32. The number of benzene rings is 1. The molecule has 0 saturated heterocycles. The first-order chi connectivity index (χ1) is 10.2. The van der Waals surface area contributed by atoms with E-state index >= 15 is 0 Å². The Kier molecular flexibility index (Phi) is 5.71. The zero-order valence-electron chi connectivity index (χ0n) is 12.8. The minimum absolute atomic E-state index is 0.257. The molecule has 0 amide bonds. The van der Waals surface area contributed by atoms with Gasteiger partial charge in [-0.1, -0.05) is 25.4 Å². The van der Waals surface area contributed by atoms with Crippen molar-refractivity contribution in [1.29, 1.82) is 0 Å². The van der Waals surface area contributed by atoms with Crippen LogP contribution in [0, 0.1) is 0 Å². The summed E-state index contributed by atoms with van der Waals surface area (Å²) in [5, 5.41) is 4.09. The predicted molar refractivity (Wildman–Crippen MR) is 87.0 cm³/mol. The predicted octanol–water partition coefficient (Wildman–Crippen LogP) is 5.06. The Labute approximate surface area is 131 Å². The molecule has 1 N–H and O–H groups in total. The van der Waals surface area contributed by atoms with E-state index in [0.29, 0.717) is 10.8 Å². The molecule has 0 bridgehead atoms. The summed E-state index contributed by atoms with van der Waals surface area (Å²) >= 11 is 6.05. The lowest BCUT2D eigenvalue weighted by molar-refractivity contribution is 0.408. The molecule has 1 atom stereocenters. The van der Waals surface area contributed by atoms with Gasteiger partial charge in [0.25, 0.3) is 0 Å². The molecular formula is C17H22ClNO2. The maximum atomic E-state index is 6.05. The number of halogens is 1. The van der Waals surface area contributed by atoms with Crippen LogP contribution >= 0.6 is 11.6 Å². The van der Waals surface area contributed by atoms with Crippen LogP contribution in [-0.2, 0) is 0 Å². The molecule has 0 aliphatic carbocycles. The molecule has 0 fully saturated rings. The van der Waals surface area contributed by atoms with E-state index in [4.69, 9.17) is 20.8 Å². The Bertz CT molecular complexity index is 580. The molecule has 114 valence electrons. The van der Waals surface area contributed by atoms with Crippen LogP contribution in [0.25, 0.3) is 11.3 Å². The lowest BCUT2D eigenvalue weighted by Crippen LogP contribution is -2.20. The molecule has 2 rings (SSSR count). The van der Waals surface area contributed by atoms with E-state index in [1.54, 1.807) is 7.11 Å². The fourth-order valence-corrected chi connectivity index (χ4v) is 2.47. The molecular weight excluding hydrogens is 286 g/mol. The highest BCUT2D eigenvalue weighted by atomic mass is 35.5. The second-order valence-corrected chi connectivity index (χ2v) is 5.37. The maximum Gasteiger partial charge on any atom is 0.138 e. The molecule has 1 aromatic carbocycles. The van der Waals surface area contributed by atoms with Crippen LogP contribution in [0.15, 0.2) is 34.7 Å². The Hall–Kier alpha value is -1.45. The van der Waals surface area contributed by atoms with Crippen molar-refractivity contribution >= 4 is 11.6 Å². The summed E-state index contributed by atoms with van der Waals surface area (Å²) in [6, 6.07) is 9.94. The number of methoxy groups -OCH3 is 1. The second kappa shape index (κ2) is 7.53. The molecule has 0 radical (unpaired) electrons. The summed E-state index contributed by atoms with van der Waals surface area (Å²) in [7, 11) is 1.61. The molecule has 4 heteroatoms. The quantitative estimate of drug-likeness (QED) is 0.776. The van der Waals surface area contributed by atoms with E-state index in [9.17, 15) is 0 Å². The normalized spacial score (nSPS) is 12.4. The van der Waals surface area contributed by atoms with Gasteiger partial charge >= 0.3 is 0 Å². The van der Waals surface area contributed by atoms with Crippen LogP contribution in [0.5, 0.6) is 5.75 Å². The molecule has 0 spiro atoms. The van der Waals surface area contributed by atoms with Crippen molar-refractivity contribution < 1.29 is 9.15 Å². The number of hydrogen-bond donors (Lipinski definition) is 1. The SMILES string of the molecule is CCCNC(CC)c1ccc(-c2ccc(Cl)c(OC)c2)o1. The summed E-state index contributed by atoms with van der Waals surface area (Å²) < 4.78 is 11.2. The Morgan fingerprint density at radius 2 is 2.05 bits per heavy atom. The van der Waals surface area contributed by atoms with Gasteiger partial charge in [-0.2, -0.15) is 0 Å². The number of hydrogen-bond acceptors (Lipinski definition) is 3. The highest BCUT2D eigenvalue weighted by Crippen LogP contribution is 2.32. The molecule has 1 heterocycles. The fourth-order valence-electron chi connectivity index (χ4n) is 2.27. The largest absolute Gasteiger partial charge is 0.495 e. The third-order valence-electron chi connectivity index (χ3n) is 3.45. The van der Waals surface area contributed by atoms with E-state index in [2.05, 4.69) is 19.2 Å². The maximum absolute atomic E-state index is 6.05. The molecule has 1 aromatic heterocycles. The van der Waals surface area contributed by atoms with E-state index in [0.717, 1.165) is 36.5 Å². The summed E-state index contributed by atoms with van der Waals surface area (Å²) in [6.07, 6.45) is 2.11. The highest BCUT2D eigenvalue weighted by Gasteiger charge is 2.14. The monoisotopic (exact) mass is 307 g/mol. The minimum atomic E-state index is 0.257. The summed E-state index contributed by atoms with van der Waals surface area (Å²) in [5.41, 5.74) is 0.966. The van der Waals surface area contributed by atoms with Gasteiger partial charge in [0.1, 0.15) is 17.3 Å². The van der Waals surface area contributed by atoms with Gasteiger partial charge in [0.05, 0.1) is 18.2 Å². The Morgan fingerprint density at radius 3 is 2.71 bits per heavy atom. The zero-order valence-corrected chi connectivity index (χ0v) is 13.5. The molecule has 2 aromatic rings. The standard InChI is InChI=1S/C17H22ClNO2/c1-4-10-19-14(5-2)16-9-8-15(21-16)12-6-7-13(18)17(11-12)20-3/h6-9,11,14,19H,4-5,10H2,1-3H3. The van der Waals surface area contributed by atoms with Gasteiger partial charge in [0, 0.05) is 5.56 Å². The third-order valence-corrected chi connectivity index (χ3v) is 3.77. The van der Waals surface area contributed by atoms with Gasteiger partial charge in [-0.25, -0.2) is 0 Å². The van der Waals surface area contributed by atoms with E-state index < -0.39 is 0 Å². The van der Waals surface area contributed by atoms with Gasteiger partial charge in [0.15, 0.2) is 0 Å². The smallest absolute Gasteiger partial charge is 0.138 e. The summed E-state index contributed by atoms with van der Waals surface area (Å²) in [6.45, 7) is 5.30. The molecule has 1 unspecified atom stereocenters. The topological polar surface area (TPSA) is 34.4 Å². The number of ether oxygens (including phenoxy) is 1. The van der Waals surface area contributed by atoms with E-state index in [-0.39, 0.29) is 6.04 Å². The fraction of sp³-hybridized carbons (Fsp3) is 0.412. The molecule has 0 saturated carbocycles. The number of furan rings is 1. The molecule has 3 nitrogen and oxygen atoms in total. The first-order valence-corrected chi connectivity index (χ1v) is 7.74. The van der Waals surface area contributed by atoms with Gasteiger partial charge in [-0.05, 0) is 49.7 Å². The van der Waals surface area contributed by atoms with Crippen molar-refractivity contribution in [2.45, 2.75) is 32.7 Å². The Morgan fingerprint density at radius 1 is 1.24 bits per heavy atom. The molecule has 0 aliphatic heterocycles. The van der Waals surface area contributed by atoms with Crippen molar-refractivity contribution in [3.8, 4) is 17.1 Å². The minimum Gasteiger partial charge on any atom is -0.495 e. The van der Waals surface area contributed by atoms with Crippen molar-refractivity contribution in [2.24, 2.45) is 0 Å². The van der Waals surface area contributed by atoms with Gasteiger partial charge in [0.2, 0.25) is 0 Å². The van der Waals surface area contributed by atoms with Crippen molar-refractivity contribution in [2.75, 3.05) is 13.7 Å².